The molecule has 1 N–H and O–H groups in total. The topological polar surface area (TPSA) is 12.0 Å². The number of unbranched alkanes of at least 4 members (excludes halogenated alkanes) is 3. The van der Waals surface area contributed by atoms with Gasteiger partial charge in [0.15, 0.2) is 0 Å². The number of hydrogen-bond acceptors (Lipinski definition) is 1. The highest BCUT2D eigenvalue weighted by Crippen LogP contribution is 2.14. The summed E-state index contributed by atoms with van der Waals surface area (Å²) in [6.45, 7) is 12.5. The second kappa shape index (κ2) is 8.15. The Morgan fingerprint density at radius 1 is 1.00 bits per heavy atom. The van der Waals surface area contributed by atoms with Crippen molar-refractivity contribution in [3.8, 4) is 0 Å². The third kappa shape index (κ3) is 10.2. The van der Waals surface area contributed by atoms with Crippen molar-refractivity contribution in [3.63, 3.8) is 0 Å². The van der Waals surface area contributed by atoms with Crippen molar-refractivity contribution in [2.24, 2.45) is 5.92 Å². The van der Waals surface area contributed by atoms with Crippen LogP contribution < -0.4 is 5.32 Å². The lowest BCUT2D eigenvalue weighted by molar-refractivity contribution is 0.345. The van der Waals surface area contributed by atoms with Crippen LogP contribution in [-0.2, 0) is 0 Å². The Hall–Kier alpha value is -0.0400. The van der Waals surface area contributed by atoms with Gasteiger partial charge in [-0.2, -0.15) is 0 Å². The molecule has 1 heteroatoms. The molecule has 92 valence electrons. The summed E-state index contributed by atoms with van der Waals surface area (Å²) in [5.41, 5.74) is 0.275. The SMILES string of the molecule is CCCCCCC(CC)CNC(C)(C)C. The van der Waals surface area contributed by atoms with Gasteiger partial charge in [0.1, 0.15) is 0 Å². The number of nitrogens with one attached hydrogen (secondary N) is 1. The molecule has 0 aliphatic carbocycles. The van der Waals surface area contributed by atoms with Crippen LogP contribution in [0.5, 0.6) is 0 Å². The van der Waals surface area contributed by atoms with Gasteiger partial charge in [-0.25, -0.2) is 0 Å². The summed E-state index contributed by atoms with van der Waals surface area (Å²) in [4.78, 5) is 0. The largest absolute Gasteiger partial charge is 0.312 e. The molecule has 0 aliphatic rings. The molecule has 0 spiro atoms. The van der Waals surface area contributed by atoms with Gasteiger partial charge in [0, 0.05) is 5.54 Å². The second-order valence-electron chi connectivity index (χ2n) is 5.75. The highest BCUT2D eigenvalue weighted by molar-refractivity contribution is 4.72. The molecule has 0 fully saturated rings. The lowest BCUT2D eigenvalue weighted by atomic mass is 9.97. The Kier molecular flexibility index (Phi) is 8.13. The first-order valence-corrected chi connectivity index (χ1v) is 6.74. The zero-order chi connectivity index (χ0) is 11.7. The van der Waals surface area contributed by atoms with E-state index in [1.807, 2.05) is 0 Å². The zero-order valence-corrected chi connectivity index (χ0v) is 11.5. The first-order chi connectivity index (χ1) is 6.99. The van der Waals surface area contributed by atoms with Gasteiger partial charge in [-0.1, -0.05) is 46.0 Å². The first-order valence-electron chi connectivity index (χ1n) is 6.74. The summed E-state index contributed by atoms with van der Waals surface area (Å²) in [6, 6.07) is 0. The summed E-state index contributed by atoms with van der Waals surface area (Å²) in [7, 11) is 0. The van der Waals surface area contributed by atoms with E-state index in [1.165, 1.54) is 45.1 Å². The molecule has 1 nitrogen and oxygen atoms in total. The summed E-state index contributed by atoms with van der Waals surface area (Å²) in [5, 5.41) is 3.61. The monoisotopic (exact) mass is 213 g/mol. The van der Waals surface area contributed by atoms with Crippen molar-refractivity contribution in [1.29, 1.82) is 0 Å². The fraction of sp³-hybridized carbons (Fsp3) is 1.00. The fourth-order valence-electron chi connectivity index (χ4n) is 1.76. The van der Waals surface area contributed by atoms with Gasteiger partial charge in [-0.15, -0.1) is 0 Å². The van der Waals surface area contributed by atoms with Crippen LogP contribution in [0, 0.1) is 5.92 Å². The molecule has 0 bridgehead atoms. The normalized spacial score (nSPS) is 14.2. The standard InChI is InChI=1S/C14H31N/c1-6-8-9-10-11-13(7-2)12-15-14(3,4)5/h13,15H,6-12H2,1-5H3. The van der Waals surface area contributed by atoms with Crippen LogP contribution in [0.2, 0.25) is 0 Å². The van der Waals surface area contributed by atoms with Crippen LogP contribution in [-0.4, -0.2) is 12.1 Å². The van der Waals surface area contributed by atoms with Crippen LogP contribution >= 0.6 is 0 Å². The predicted octanol–water partition coefficient (Wildman–Crippen LogP) is 4.37. The minimum atomic E-state index is 0.275. The Balaban J connectivity index is 3.55. The third-order valence-corrected chi connectivity index (χ3v) is 2.96. The minimum absolute atomic E-state index is 0.275. The van der Waals surface area contributed by atoms with Gasteiger partial charge < -0.3 is 5.32 Å². The van der Waals surface area contributed by atoms with Crippen molar-refractivity contribution >= 4 is 0 Å². The summed E-state index contributed by atoms with van der Waals surface area (Å²) >= 11 is 0. The molecule has 0 aromatic carbocycles. The van der Waals surface area contributed by atoms with Gasteiger partial charge in [-0.05, 0) is 39.7 Å². The molecule has 0 aromatic rings. The Bertz CT molecular complexity index is 135. The van der Waals surface area contributed by atoms with Crippen LogP contribution in [0.25, 0.3) is 0 Å². The van der Waals surface area contributed by atoms with E-state index >= 15 is 0 Å². The van der Waals surface area contributed by atoms with Gasteiger partial charge >= 0.3 is 0 Å². The maximum atomic E-state index is 3.61. The molecule has 1 unspecified atom stereocenters. The lowest BCUT2D eigenvalue weighted by Gasteiger charge is -2.24. The summed E-state index contributed by atoms with van der Waals surface area (Å²) in [5.74, 6) is 0.876. The first kappa shape index (κ1) is 15.0. The third-order valence-electron chi connectivity index (χ3n) is 2.96. The molecule has 0 aliphatic heterocycles. The highest BCUT2D eigenvalue weighted by atomic mass is 14.9. The van der Waals surface area contributed by atoms with E-state index in [-0.39, 0.29) is 5.54 Å². The quantitative estimate of drug-likeness (QED) is 0.590. The van der Waals surface area contributed by atoms with E-state index in [2.05, 4.69) is 39.9 Å². The van der Waals surface area contributed by atoms with Crippen molar-refractivity contribution in [2.75, 3.05) is 6.54 Å². The molecule has 1 atom stereocenters. The fourth-order valence-corrected chi connectivity index (χ4v) is 1.76. The van der Waals surface area contributed by atoms with Crippen molar-refractivity contribution < 1.29 is 0 Å². The Labute approximate surface area is 97.0 Å². The number of rotatable bonds is 8. The molecule has 0 saturated heterocycles. The van der Waals surface area contributed by atoms with Gasteiger partial charge in [0.2, 0.25) is 0 Å². The molecular formula is C14H31N. The van der Waals surface area contributed by atoms with Gasteiger partial charge in [0.25, 0.3) is 0 Å². The minimum Gasteiger partial charge on any atom is -0.312 e. The Morgan fingerprint density at radius 2 is 1.67 bits per heavy atom. The molecule has 0 rings (SSSR count). The average Bonchev–Trinajstić information content (AvgIpc) is 2.15. The van der Waals surface area contributed by atoms with Crippen LogP contribution in [0.3, 0.4) is 0 Å². The molecule has 0 aromatic heterocycles. The summed E-state index contributed by atoms with van der Waals surface area (Å²) in [6.07, 6.45) is 8.30. The molecule has 0 radical (unpaired) electrons. The highest BCUT2D eigenvalue weighted by Gasteiger charge is 2.12. The predicted molar refractivity (Wildman–Crippen MR) is 70.3 cm³/mol. The smallest absolute Gasteiger partial charge is 0.00966 e. The summed E-state index contributed by atoms with van der Waals surface area (Å²) < 4.78 is 0. The van der Waals surface area contributed by atoms with E-state index in [1.54, 1.807) is 0 Å². The molecule has 0 heterocycles. The lowest BCUT2D eigenvalue weighted by Crippen LogP contribution is -2.39. The Morgan fingerprint density at radius 3 is 2.13 bits per heavy atom. The zero-order valence-electron chi connectivity index (χ0n) is 11.5. The van der Waals surface area contributed by atoms with E-state index in [0.717, 1.165) is 5.92 Å². The van der Waals surface area contributed by atoms with Crippen molar-refractivity contribution in [3.05, 3.63) is 0 Å². The van der Waals surface area contributed by atoms with Crippen LogP contribution in [0.15, 0.2) is 0 Å². The molecule has 15 heavy (non-hydrogen) atoms. The molecule has 0 saturated carbocycles. The van der Waals surface area contributed by atoms with E-state index in [0.29, 0.717) is 0 Å². The molecular weight excluding hydrogens is 182 g/mol. The average molecular weight is 213 g/mol. The maximum Gasteiger partial charge on any atom is 0.00966 e. The van der Waals surface area contributed by atoms with Crippen molar-refractivity contribution in [1.82, 2.24) is 5.32 Å². The van der Waals surface area contributed by atoms with Crippen molar-refractivity contribution in [2.45, 2.75) is 78.7 Å². The number of hydrogen-bond donors (Lipinski definition) is 1. The van der Waals surface area contributed by atoms with E-state index in [4.69, 9.17) is 0 Å². The van der Waals surface area contributed by atoms with Crippen LogP contribution in [0.1, 0.15) is 73.1 Å². The van der Waals surface area contributed by atoms with E-state index < -0.39 is 0 Å². The van der Waals surface area contributed by atoms with Gasteiger partial charge in [0.05, 0.1) is 0 Å². The van der Waals surface area contributed by atoms with Crippen LogP contribution in [0.4, 0.5) is 0 Å². The van der Waals surface area contributed by atoms with E-state index in [9.17, 15) is 0 Å². The molecule has 0 amide bonds. The second-order valence-corrected chi connectivity index (χ2v) is 5.75. The maximum absolute atomic E-state index is 3.61. The van der Waals surface area contributed by atoms with Gasteiger partial charge in [-0.3, -0.25) is 0 Å².